The maximum absolute atomic E-state index is 3.73. The van der Waals surface area contributed by atoms with Crippen LogP contribution >= 0.6 is 12.6 Å². The Morgan fingerprint density at radius 3 is 1.81 bits per heavy atom. The van der Waals surface area contributed by atoms with E-state index in [-0.39, 0.29) is 0 Å². The maximum Gasteiger partial charge on any atom is -0.0184 e. The van der Waals surface area contributed by atoms with Gasteiger partial charge in [-0.05, 0) is 22.9 Å². The van der Waals surface area contributed by atoms with E-state index in [9.17, 15) is 0 Å². The fourth-order valence-corrected chi connectivity index (χ4v) is 1.44. The largest absolute Gasteiger partial charge is 0.183 e. The molecular weight excluding hydrogens is 212 g/mol. The molecule has 0 saturated carbocycles. The normalized spacial score (nSPS) is 8.88. The molecule has 2 rings (SSSR count). The Bertz CT molecular complexity index is 415. The van der Waals surface area contributed by atoms with Crippen LogP contribution in [0, 0.1) is 0 Å². The zero-order valence-electron chi connectivity index (χ0n) is 9.43. The van der Waals surface area contributed by atoms with Crippen LogP contribution in [-0.4, -0.2) is 6.26 Å². The predicted molar refractivity (Wildman–Crippen MR) is 76.9 cm³/mol. The van der Waals surface area contributed by atoms with Gasteiger partial charge in [0.15, 0.2) is 0 Å². The molecular formula is C15H16S. The van der Waals surface area contributed by atoms with Crippen LogP contribution in [0.3, 0.4) is 0 Å². The van der Waals surface area contributed by atoms with Crippen molar-refractivity contribution in [3.8, 4) is 11.1 Å². The van der Waals surface area contributed by atoms with E-state index in [1.54, 1.807) is 6.26 Å². The molecule has 0 N–H and O–H groups in total. The van der Waals surface area contributed by atoms with Gasteiger partial charge in [-0.15, -0.1) is 0 Å². The summed E-state index contributed by atoms with van der Waals surface area (Å²) in [7, 11) is 0. The van der Waals surface area contributed by atoms with Crippen LogP contribution in [0.25, 0.3) is 17.2 Å². The topological polar surface area (TPSA) is 0 Å². The van der Waals surface area contributed by atoms with Crippen molar-refractivity contribution in [3.05, 3.63) is 66.7 Å². The molecule has 2 aromatic carbocycles. The average Bonchev–Trinajstić information content (AvgIpc) is 2.42. The van der Waals surface area contributed by atoms with Gasteiger partial charge >= 0.3 is 0 Å². The predicted octanol–water partition coefficient (Wildman–Crippen LogP) is 4.54. The van der Waals surface area contributed by atoms with E-state index in [2.05, 4.69) is 67.7 Å². The molecule has 0 aromatic heterocycles. The summed E-state index contributed by atoms with van der Waals surface area (Å²) in [4.78, 5) is 0. The van der Waals surface area contributed by atoms with Gasteiger partial charge < -0.3 is 0 Å². The van der Waals surface area contributed by atoms with Crippen molar-refractivity contribution < 1.29 is 0 Å². The van der Waals surface area contributed by atoms with Gasteiger partial charge in [-0.1, -0.05) is 67.3 Å². The minimum atomic E-state index is 1.16. The highest BCUT2D eigenvalue weighted by Gasteiger charge is 1.94. The average molecular weight is 228 g/mol. The van der Waals surface area contributed by atoms with E-state index in [1.165, 1.54) is 11.1 Å². The smallest absolute Gasteiger partial charge is 0.0184 e. The van der Waals surface area contributed by atoms with Crippen LogP contribution in [-0.2, 0) is 0 Å². The Hall–Kier alpha value is -1.47. The first kappa shape index (κ1) is 12.6. The molecule has 0 aliphatic heterocycles. The molecule has 0 heterocycles. The summed E-state index contributed by atoms with van der Waals surface area (Å²) in [6.45, 7) is 3.73. The van der Waals surface area contributed by atoms with Crippen molar-refractivity contribution in [1.82, 2.24) is 0 Å². The lowest BCUT2D eigenvalue weighted by Crippen LogP contribution is -1.76. The van der Waals surface area contributed by atoms with Crippen LogP contribution in [0.5, 0.6) is 0 Å². The monoisotopic (exact) mass is 228 g/mol. The molecule has 0 aliphatic rings. The molecule has 2 aromatic rings. The Labute approximate surface area is 103 Å². The molecule has 0 radical (unpaired) electrons. The fraction of sp³-hybridized carbons (Fsp3) is 0.0667. The molecule has 1 heteroatoms. The Balaban J connectivity index is 0.000000606. The highest BCUT2D eigenvalue weighted by atomic mass is 32.1. The van der Waals surface area contributed by atoms with E-state index in [4.69, 9.17) is 0 Å². The van der Waals surface area contributed by atoms with Crippen LogP contribution in [0.4, 0.5) is 0 Å². The molecule has 0 saturated heterocycles. The first-order chi connectivity index (χ1) is 7.90. The summed E-state index contributed by atoms with van der Waals surface area (Å²) >= 11 is 3.53. The van der Waals surface area contributed by atoms with Crippen molar-refractivity contribution in [2.45, 2.75) is 0 Å². The van der Waals surface area contributed by atoms with Gasteiger partial charge in [0, 0.05) is 0 Å². The zero-order chi connectivity index (χ0) is 11.8. The molecule has 0 atom stereocenters. The minimum Gasteiger partial charge on any atom is -0.183 e. The third kappa shape index (κ3) is 3.28. The maximum atomic E-state index is 3.73. The van der Waals surface area contributed by atoms with Gasteiger partial charge in [-0.3, -0.25) is 0 Å². The van der Waals surface area contributed by atoms with Crippen LogP contribution in [0.1, 0.15) is 5.56 Å². The first-order valence-corrected chi connectivity index (χ1v) is 6.02. The molecule has 0 nitrogen and oxygen atoms in total. The van der Waals surface area contributed by atoms with Crippen molar-refractivity contribution >= 4 is 18.7 Å². The third-order valence-electron chi connectivity index (χ3n) is 2.25. The summed E-state index contributed by atoms with van der Waals surface area (Å²) in [5.74, 6) is 0. The van der Waals surface area contributed by atoms with Gasteiger partial charge in [0.2, 0.25) is 0 Å². The van der Waals surface area contributed by atoms with Crippen molar-refractivity contribution in [1.29, 1.82) is 0 Å². The molecule has 0 bridgehead atoms. The van der Waals surface area contributed by atoms with E-state index >= 15 is 0 Å². The van der Waals surface area contributed by atoms with E-state index < -0.39 is 0 Å². The summed E-state index contributed by atoms with van der Waals surface area (Å²) in [5.41, 5.74) is 3.66. The molecule has 82 valence electrons. The summed E-state index contributed by atoms with van der Waals surface area (Å²) < 4.78 is 0. The van der Waals surface area contributed by atoms with Gasteiger partial charge in [-0.2, -0.15) is 12.6 Å². The second-order valence-corrected chi connectivity index (χ2v) is 3.19. The summed E-state index contributed by atoms with van der Waals surface area (Å²) in [6.07, 6.45) is 3.55. The highest BCUT2D eigenvalue weighted by molar-refractivity contribution is 7.79. The standard InChI is InChI=1S/C14H12.CH4S/c1-2-12-8-10-14(11-9-12)13-6-4-3-5-7-13;1-2/h2-11H,1H2;2H,1H3. The van der Waals surface area contributed by atoms with Gasteiger partial charge in [0.1, 0.15) is 0 Å². The van der Waals surface area contributed by atoms with E-state index in [0.29, 0.717) is 0 Å². The van der Waals surface area contributed by atoms with Crippen molar-refractivity contribution in [2.75, 3.05) is 6.26 Å². The molecule has 0 amide bonds. The lowest BCUT2D eigenvalue weighted by atomic mass is 10.0. The number of benzene rings is 2. The molecule has 0 fully saturated rings. The molecule has 0 spiro atoms. The van der Waals surface area contributed by atoms with Crippen LogP contribution in [0.15, 0.2) is 61.2 Å². The third-order valence-corrected chi connectivity index (χ3v) is 2.25. The second-order valence-electron chi connectivity index (χ2n) is 3.19. The number of hydrogen-bond acceptors (Lipinski definition) is 1. The lowest BCUT2D eigenvalue weighted by Gasteiger charge is -2.01. The number of thiol groups is 1. The van der Waals surface area contributed by atoms with Crippen molar-refractivity contribution in [2.24, 2.45) is 0 Å². The number of hydrogen-bond donors (Lipinski definition) is 1. The molecule has 16 heavy (non-hydrogen) atoms. The quantitative estimate of drug-likeness (QED) is 0.717. The number of rotatable bonds is 2. The minimum absolute atomic E-state index is 1.16. The van der Waals surface area contributed by atoms with Gasteiger partial charge in [0.25, 0.3) is 0 Å². The van der Waals surface area contributed by atoms with Crippen molar-refractivity contribution in [3.63, 3.8) is 0 Å². The zero-order valence-corrected chi connectivity index (χ0v) is 10.3. The van der Waals surface area contributed by atoms with Gasteiger partial charge in [0.05, 0.1) is 0 Å². The Morgan fingerprint density at radius 2 is 1.31 bits per heavy atom. The van der Waals surface area contributed by atoms with E-state index in [1.807, 2.05) is 12.1 Å². The molecule has 0 aliphatic carbocycles. The van der Waals surface area contributed by atoms with E-state index in [0.717, 1.165) is 5.56 Å². The SMILES string of the molecule is C=Cc1ccc(-c2ccccc2)cc1.CS. The highest BCUT2D eigenvalue weighted by Crippen LogP contribution is 2.19. The lowest BCUT2D eigenvalue weighted by molar-refractivity contribution is 1.60. The van der Waals surface area contributed by atoms with Crippen LogP contribution in [0.2, 0.25) is 0 Å². The molecule has 0 unspecified atom stereocenters. The Morgan fingerprint density at radius 1 is 0.812 bits per heavy atom. The summed E-state index contributed by atoms with van der Waals surface area (Å²) in [5, 5.41) is 0. The van der Waals surface area contributed by atoms with Gasteiger partial charge in [-0.25, -0.2) is 0 Å². The first-order valence-electron chi connectivity index (χ1n) is 5.13. The second kappa shape index (κ2) is 6.91. The fourth-order valence-electron chi connectivity index (χ4n) is 1.44. The van der Waals surface area contributed by atoms with Crippen LogP contribution < -0.4 is 0 Å². The Kier molecular flexibility index (Phi) is 5.44. The summed E-state index contributed by atoms with van der Waals surface area (Å²) in [6, 6.07) is 18.8.